The predicted molar refractivity (Wildman–Crippen MR) is 75.0 cm³/mol. The van der Waals surface area contributed by atoms with E-state index in [1.807, 2.05) is 19.2 Å². The second-order valence-electron chi connectivity index (χ2n) is 4.42. The summed E-state index contributed by atoms with van der Waals surface area (Å²) in [6, 6.07) is 3.16. The Bertz CT molecular complexity index is 599. The number of carboxylic acid groups (broad SMARTS) is 1. The summed E-state index contributed by atoms with van der Waals surface area (Å²) in [7, 11) is 0. The number of aromatic nitrogens is 2. The lowest BCUT2D eigenvalue weighted by atomic mass is 10.1. The molecule has 100 valence electrons. The zero-order valence-corrected chi connectivity index (χ0v) is 11.9. The van der Waals surface area contributed by atoms with Gasteiger partial charge in [-0.2, -0.15) is 0 Å². The van der Waals surface area contributed by atoms with Crippen molar-refractivity contribution in [1.29, 1.82) is 0 Å². The number of nitrogens with one attached hydrogen (secondary N) is 1. The summed E-state index contributed by atoms with van der Waals surface area (Å²) in [6.07, 6.45) is 1.72. The molecular formula is C12H12ClN3O2S. The van der Waals surface area contributed by atoms with Crippen LogP contribution >= 0.6 is 22.9 Å². The third-order valence-corrected chi connectivity index (χ3v) is 3.86. The van der Waals surface area contributed by atoms with Crippen LogP contribution in [0.2, 0.25) is 5.02 Å². The number of thiazole rings is 1. The van der Waals surface area contributed by atoms with Gasteiger partial charge in [0.2, 0.25) is 0 Å². The molecule has 0 aliphatic rings. The highest BCUT2D eigenvalue weighted by Crippen LogP contribution is 2.27. The Kier molecular flexibility index (Phi) is 3.73. The lowest BCUT2D eigenvalue weighted by Gasteiger charge is -2.24. The molecule has 0 spiro atoms. The Hall–Kier alpha value is -1.66. The molecular weight excluding hydrogens is 286 g/mol. The number of halogens is 1. The number of anilines is 1. The average Bonchev–Trinajstić information content (AvgIpc) is 2.85. The van der Waals surface area contributed by atoms with Crippen LogP contribution in [0.1, 0.15) is 29.3 Å². The molecule has 0 bridgehead atoms. The minimum absolute atomic E-state index is 0.116. The van der Waals surface area contributed by atoms with Gasteiger partial charge < -0.3 is 10.4 Å². The standard InChI is InChI=1S/C12H12ClN3O2S/c1-12(2,11-14-5-6-19-11)16-8-4-3-7(13)9(15-8)10(17)18/h3-6H,1-2H3,(H,15,16)(H,17,18). The molecule has 2 aromatic heterocycles. The van der Waals surface area contributed by atoms with Crippen molar-refractivity contribution in [3.63, 3.8) is 0 Å². The van der Waals surface area contributed by atoms with Crippen LogP contribution in [-0.4, -0.2) is 21.0 Å². The van der Waals surface area contributed by atoms with E-state index in [4.69, 9.17) is 16.7 Å². The maximum Gasteiger partial charge on any atom is 0.356 e. The van der Waals surface area contributed by atoms with Gasteiger partial charge in [-0.1, -0.05) is 11.6 Å². The van der Waals surface area contributed by atoms with Gasteiger partial charge in [0.05, 0.1) is 10.6 Å². The summed E-state index contributed by atoms with van der Waals surface area (Å²) < 4.78 is 0. The summed E-state index contributed by atoms with van der Waals surface area (Å²) in [5.74, 6) is -0.706. The van der Waals surface area contributed by atoms with E-state index in [0.717, 1.165) is 5.01 Å². The molecule has 0 aliphatic carbocycles. The second-order valence-corrected chi connectivity index (χ2v) is 5.72. The molecule has 7 heteroatoms. The fraction of sp³-hybridized carbons (Fsp3) is 0.250. The lowest BCUT2D eigenvalue weighted by molar-refractivity contribution is 0.0691. The molecule has 0 radical (unpaired) electrons. The summed E-state index contributed by atoms with van der Waals surface area (Å²) in [5.41, 5.74) is -0.605. The third-order valence-electron chi connectivity index (χ3n) is 2.46. The maximum absolute atomic E-state index is 11.0. The van der Waals surface area contributed by atoms with Crippen molar-refractivity contribution in [2.75, 3.05) is 5.32 Å². The molecule has 2 N–H and O–H groups in total. The number of nitrogens with zero attached hydrogens (tertiary/aromatic N) is 2. The number of hydrogen-bond donors (Lipinski definition) is 2. The molecule has 2 rings (SSSR count). The van der Waals surface area contributed by atoms with Crippen LogP contribution in [0.5, 0.6) is 0 Å². The Morgan fingerprint density at radius 1 is 1.47 bits per heavy atom. The predicted octanol–water partition coefficient (Wildman–Crippen LogP) is 3.24. The first kappa shape index (κ1) is 13.8. The van der Waals surface area contributed by atoms with Crippen molar-refractivity contribution in [3.05, 3.63) is 39.4 Å². The average molecular weight is 298 g/mol. The van der Waals surface area contributed by atoms with E-state index in [2.05, 4.69) is 15.3 Å². The number of pyridine rings is 1. The van der Waals surface area contributed by atoms with Crippen molar-refractivity contribution >= 4 is 34.7 Å². The van der Waals surface area contributed by atoms with Crippen molar-refractivity contribution in [2.24, 2.45) is 0 Å². The van der Waals surface area contributed by atoms with Crippen LogP contribution in [-0.2, 0) is 5.54 Å². The first-order valence-electron chi connectivity index (χ1n) is 5.48. The van der Waals surface area contributed by atoms with E-state index in [-0.39, 0.29) is 10.7 Å². The highest BCUT2D eigenvalue weighted by molar-refractivity contribution is 7.09. The molecule has 0 atom stereocenters. The molecule has 0 fully saturated rings. The van der Waals surface area contributed by atoms with Crippen LogP contribution in [0, 0.1) is 0 Å². The SMILES string of the molecule is CC(C)(Nc1ccc(Cl)c(C(=O)O)n1)c1nccs1. The number of aromatic carboxylic acids is 1. The topological polar surface area (TPSA) is 75.1 Å². The smallest absolute Gasteiger partial charge is 0.356 e. The first-order chi connectivity index (χ1) is 8.90. The normalized spacial score (nSPS) is 11.3. The van der Waals surface area contributed by atoms with E-state index < -0.39 is 11.5 Å². The zero-order chi connectivity index (χ0) is 14.0. The molecule has 0 aliphatic heterocycles. The number of carboxylic acids is 1. The first-order valence-corrected chi connectivity index (χ1v) is 6.74. The van der Waals surface area contributed by atoms with Gasteiger partial charge in [-0.05, 0) is 26.0 Å². The van der Waals surface area contributed by atoms with Crippen LogP contribution < -0.4 is 5.32 Å². The van der Waals surface area contributed by atoms with Crippen molar-refractivity contribution in [2.45, 2.75) is 19.4 Å². The molecule has 2 aromatic rings. The Labute approximate surface area is 119 Å². The Balaban J connectivity index is 2.29. The van der Waals surface area contributed by atoms with Gasteiger partial charge in [-0.3, -0.25) is 0 Å². The van der Waals surface area contributed by atoms with Gasteiger partial charge in [0.1, 0.15) is 10.8 Å². The van der Waals surface area contributed by atoms with Gasteiger partial charge in [0.25, 0.3) is 0 Å². The van der Waals surface area contributed by atoms with E-state index in [1.54, 1.807) is 12.3 Å². The fourth-order valence-electron chi connectivity index (χ4n) is 1.57. The quantitative estimate of drug-likeness (QED) is 0.906. The minimum Gasteiger partial charge on any atom is -0.476 e. The van der Waals surface area contributed by atoms with Gasteiger partial charge >= 0.3 is 5.97 Å². The van der Waals surface area contributed by atoms with Crippen LogP contribution in [0.15, 0.2) is 23.7 Å². The summed E-state index contributed by atoms with van der Waals surface area (Å²) >= 11 is 7.30. The number of rotatable bonds is 4. The van der Waals surface area contributed by atoms with Crippen LogP contribution in [0.3, 0.4) is 0 Å². The van der Waals surface area contributed by atoms with Crippen molar-refractivity contribution < 1.29 is 9.90 Å². The highest BCUT2D eigenvalue weighted by atomic mass is 35.5. The second kappa shape index (κ2) is 5.14. The van der Waals surface area contributed by atoms with Gasteiger partial charge in [0.15, 0.2) is 5.69 Å². The molecule has 2 heterocycles. The summed E-state index contributed by atoms with van der Waals surface area (Å²) in [4.78, 5) is 19.2. The van der Waals surface area contributed by atoms with Gasteiger partial charge in [-0.25, -0.2) is 14.8 Å². The molecule has 0 unspecified atom stereocenters. The van der Waals surface area contributed by atoms with E-state index >= 15 is 0 Å². The van der Waals surface area contributed by atoms with E-state index in [0.29, 0.717) is 5.82 Å². The van der Waals surface area contributed by atoms with Crippen molar-refractivity contribution in [3.8, 4) is 0 Å². The van der Waals surface area contributed by atoms with Gasteiger partial charge in [0, 0.05) is 11.6 Å². The number of carbonyl (C=O) groups is 1. The van der Waals surface area contributed by atoms with E-state index in [9.17, 15) is 4.79 Å². The Morgan fingerprint density at radius 2 is 2.21 bits per heavy atom. The molecule has 0 saturated carbocycles. The monoisotopic (exact) mass is 297 g/mol. The highest BCUT2D eigenvalue weighted by Gasteiger charge is 2.24. The fourth-order valence-corrected chi connectivity index (χ4v) is 2.47. The van der Waals surface area contributed by atoms with Gasteiger partial charge in [-0.15, -0.1) is 11.3 Å². The summed E-state index contributed by atoms with van der Waals surface area (Å²) in [5, 5.41) is 15.0. The molecule has 19 heavy (non-hydrogen) atoms. The molecule has 0 amide bonds. The Morgan fingerprint density at radius 3 is 2.79 bits per heavy atom. The zero-order valence-electron chi connectivity index (χ0n) is 10.3. The van der Waals surface area contributed by atoms with Crippen LogP contribution in [0.25, 0.3) is 0 Å². The van der Waals surface area contributed by atoms with E-state index in [1.165, 1.54) is 17.4 Å². The third kappa shape index (κ3) is 3.02. The summed E-state index contributed by atoms with van der Waals surface area (Å²) in [6.45, 7) is 3.89. The molecule has 0 aromatic carbocycles. The number of hydrogen-bond acceptors (Lipinski definition) is 5. The minimum atomic E-state index is -1.15. The van der Waals surface area contributed by atoms with Crippen molar-refractivity contribution in [1.82, 2.24) is 9.97 Å². The van der Waals surface area contributed by atoms with Crippen LogP contribution in [0.4, 0.5) is 5.82 Å². The maximum atomic E-state index is 11.0. The lowest BCUT2D eigenvalue weighted by Crippen LogP contribution is -2.28. The largest absolute Gasteiger partial charge is 0.476 e. The molecule has 0 saturated heterocycles. The molecule has 5 nitrogen and oxygen atoms in total.